The number of benzene rings is 2. The molecule has 8 heteroatoms. The van der Waals surface area contributed by atoms with Crippen LogP contribution in [0.4, 0.5) is 9.18 Å². The second-order valence-electron chi connectivity index (χ2n) is 7.36. The predicted molar refractivity (Wildman–Crippen MR) is 110 cm³/mol. The first-order valence-electron chi connectivity index (χ1n) is 9.39. The van der Waals surface area contributed by atoms with Gasteiger partial charge in [-0.1, -0.05) is 24.3 Å². The van der Waals surface area contributed by atoms with Crippen LogP contribution in [0.25, 0.3) is 0 Å². The Morgan fingerprint density at radius 3 is 1.90 bits per heavy atom. The molecule has 0 aliphatic heterocycles. The first-order valence-corrected chi connectivity index (χ1v) is 10.9. The van der Waals surface area contributed by atoms with Crippen molar-refractivity contribution in [2.24, 2.45) is 0 Å². The molecule has 0 atom stereocenters. The van der Waals surface area contributed by atoms with Gasteiger partial charge in [0.05, 0.1) is 5.25 Å². The van der Waals surface area contributed by atoms with E-state index in [4.69, 9.17) is 4.18 Å². The minimum Gasteiger partial charge on any atom is -0.382 e. The molecule has 2 aromatic carbocycles. The Morgan fingerprint density at radius 1 is 0.966 bits per heavy atom. The van der Waals surface area contributed by atoms with E-state index in [-0.39, 0.29) is 23.6 Å². The molecule has 1 N–H and O–H groups in total. The van der Waals surface area contributed by atoms with Crippen molar-refractivity contribution in [1.29, 1.82) is 0 Å². The molecule has 0 aromatic heterocycles. The number of carbonyl (C=O) groups is 1. The van der Waals surface area contributed by atoms with Crippen LogP contribution in [0.15, 0.2) is 48.5 Å². The highest BCUT2D eigenvalue weighted by Gasteiger charge is 2.19. The third-order valence-electron chi connectivity index (χ3n) is 4.07. The minimum absolute atomic E-state index is 0.0322. The topological polar surface area (TPSA) is 75.7 Å². The lowest BCUT2D eigenvalue weighted by Crippen LogP contribution is -2.42. The van der Waals surface area contributed by atoms with E-state index in [1.807, 2.05) is 13.8 Å². The van der Waals surface area contributed by atoms with Gasteiger partial charge in [-0.25, -0.2) is 9.18 Å². The van der Waals surface area contributed by atoms with Crippen molar-refractivity contribution in [3.05, 3.63) is 65.5 Å². The number of hydrogen-bond donors (Lipinski definition) is 1. The quantitative estimate of drug-likeness (QED) is 0.651. The molecule has 0 radical (unpaired) electrons. The maximum absolute atomic E-state index is 13.2. The average molecular weight is 423 g/mol. The van der Waals surface area contributed by atoms with Crippen molar-refractivity contribution in [1.82, 2.24) is 10.2 Å². The first kappa shape index (κ1) is 22.7. The third-order valence-corrected chi connectivity index (χ3v) is 5.65. The molecular formula is C21H27FN2O4S. The molecule has 29 heavy (non-hydrogen) atoms. The fraction of sp³-hybridized carbons (Fsp3) is 0.381. The van der Waals surface area contributed by atoms with Crippen molar-refractivity contribution in [2.45, 2.75) is 52.1 Å². The summed E-state index contributed by atoms with van der Waals surface area (Å²) in [6.07, 6.45) is 0. The van der Waals surface area contributed by atoms with E-state index in [1.165, 1.54) is 12.1 Å². The van der Waals surface area contributed by atoms with E-state index < -0.39 is 15.4 Å². The zero-order valence-corrected chi connectivity index (χ0v) is 17.9. The second-order valence-corrected chi connectivity index (χ2v) is 9.45. The van der Waals surface area contributed by atoms with E-state index >= 15 is 0 Å². The van der Waals surface area contributed by atoms with Crippen molar-refractivity contribution in [3.63, 3.8) is 0 Å². The highest BCUT2D eigenvalue weighted by Crippen LogP contribution is 2.18. The Bertz CT molecular complexity index is 911. The lowest BCUT2D eigenvalue weighted by atomic mass is 10.1. The Morgan fingerprint density at radius 2 is 1.45 bits per heavy atom. The van der Waals surface area contributed by atoms with Crippen molar-refractivity contribution in [2.75, 3.05) is 0 Å². The number of nitrogens with zero attached hydrogens (tertiary/aromatic N) is 1. The van der Waals surface area contributed by atoms with Gasteiger partial charge in [0, 0.05) is 19.1 Å². The van der Waals surface area contributed by atoms with E-state index in [0.717, 1.165) is 11.1 Å². The molecule has 0 aliphatic carbocycles. The number of halogens is 1. The first-order chi connectivity index (χ1) is 13.6. The molecule has 2 rings (SSSR count). The van der Waals surface area contributed by atoms with Crippen molar-refractivity contribution < 1.29 is 21.8 Å². The molecule has 2 amide bonds. The zero-order valence-electron chi connectivity index (χ0n) is 17.1. The number of hydrogen-bond acceptors (Lipinski definition) is 4. The molecule has 0 fully saturated rings. The summed E-state index contributed by atoms with van der Waals surface area (Å²) >= 11 is 0. The van der Waals surface area contributed by atoms with Crippen LogP contribution in [0.5, 0.6) is 5.75 Å². The van der Waals surface area contributed by atoms with Gasteiger partial charge in [0.1, 0.15) is 11.6 Å². The molecule has 0 bridgehead atoms. The van der Waals surface area contributed by atoms with Gasteiger partial charge in [-0.2, -0.15) is 8.42 Å². The molecule has 0 saturated carbocycles. The maximum atomic E-state index is 13.2. The standard InChI is InChI=1S/C21H27FN2O4S/c1-15(2)23-21(25)24(13-17-5-9-19(22)10-6-17)14-18-7-11-20(12-8-18)28-29(26,27)16(3)4/h5-12,15-16H,13-14H2,1-4H3,(H,23,25). The van der Waals surface area contributed by atoms with Gasteiger partial charge in [-0.15, -0.1) is 0 Å². The molecular weight excluding hydrogens is 395 g/mol. The Kier molecular flexibility index (Phi) is 7.61. The monoisotopic (exact) mass is 422 g/mol. The Hall–Kier alpha value is -2.61. The van der Waals surface area contributed by atoms with Gasteiger partial charge < -0.3 is 14.4 Å². The van der Waals surface area contributed by atoms with Crippen LogP contribution >= 0.6 is 0 Å². The summed E-state index contributed by atoms with van der Waals surface area (Å²) in [5.41, 5.74) is 1.61. The van der Waals surface area contributed by atoms with Crippen molar-refractivity contribution in [3.8, 4) is 5.75 Å². The van der Waals surface area contributed by atoms with Gasteiger partial charge in [0.2, 0.25) is 0 Å². The van der Waals surface area contributed by atoms with Crippen LogP contribution in [0, 0.1) is 5.82 Å². The molecule has 158 valence electrons. The van der Waals surface area contributed by atoms with Crippen LogP contribution in [-0.4, -0.2) is 30.6 Å². The van der Waals surface area contributed by atoms with Gasteiger partial charge in [0.15, 0.2) is 0 Å². The summed E-state index contributed by atoms with van der Waals surface area (Å²) in [6, 6.07) is 12.3. The minimum atomic E-state index is -3.66. The summed E-state index contributed by atoms with van der Waals surface area (Å²) < 4.78 is 42.0. The number of urea groups is 1. The molecule has 0 saturated heterocycles. The molecule has 6 nitrogen and oxygen atoms in total. The number of nitrogens with one attached hydrogen (secondary N) is 1. The van der Waals surface area contributed by atoms with E-state index in [1.54, 1.807) is 55.1 Å². The molecule has 0 aliphatic rings. The number of carbonyl (C=O) groups excluding carboxylic acids is 1. The summed E-state index contributed by atoms with van der Waals surface area (Å²) in [4.78, 5) is 14.2. The molecule has 0 spiro atoms. The maximum Gasteiger partial charge on any atom is 0.318 e. The zero-order chi connectivity index (χ0) is 21.6. The summed E-state index contributed by atoms with van der Waals surface area (Å²) in [5.74, 6) is -0.113. The predicted octanol–water partition coefficient (Wildman–Crippen LogP) is 4.06. The van der Waals surface area contributed by atoms with Gasteiger partial charge in [0.25, 0.3) is 0 Å². The van der Waals surface area contributed by atoms with E-state index in [2.05, 4.69) is 5.32 Å². The van der Waals surface area contributed by atoms with Crippen LogP contribution in [0.1, 0.15) is 38.8 Å². The number of rotatable bonds is 8. The lowest BCUT2D eigenvalue weighted by molar-refractivity contribution is 0.189. The van der Waals surface area contributed by atoms with E-state index in [0.29, 0.717) is 13.1 Å². The fourth-order valence-electron chi connectivity index (χ4n) is 2.45. The molecule has 0 heterocycles. The van der Waals surface area contributed by atoms with Gasteiger partial charge >= 0.3 is 16.1 Å². The number of amides is 2. The lowest BCUT2D eigenvalue weighted by Gasteiger charge is -2.25. The summed E-state index contributed by atoms with van der Waals surface area (Å²) in [6.45, 7) is 7.44. The summed E-state index contributed by atoms with van der Waals surface area (Å²) in [7, 11) is -3.66. The van der Waals surface area contributed by atoms with Crippen LogP contribution in [0.3, 0.4) is 0 Å². The third kappa shape index (κ3) is 7.05. The second kappa shape index (κ2) is 9.73. The molecule has 0 unspecified atom stereocenters. The normalized spacial score (nSPS) is 11.6. The van der Waals surface area contributed by atoms with Crippen LogP contribution in [-0.2, 0) is 23.2 Å². The Balaban J connectivity index is 2.15. The fourth-order valence-corrected chi connectivity index (χ4v) is 3.02. The highest BCUT2D eigenvalue weighted by molar-refractivity contribution is 7.87. The smallest absolute Gasteiger partial charge is 0.318 e. The average Bonchev–Trinajstić information content (AvgIpc) is 2.63. The highest BCUT2D eigenvalue weighted by atomic mass is 32.2. The Labute approximate surface area is 171 Å². The largest absolute Gasteiger partial charge is 0.382 e. The SMILES string of the molecule is CC(C)NC(=O)N(Cc1ccc(F)cc1)Cc1ccc(OS(=O)(=O)C(C)C)cc1. The summed E-state index contributed by atoms with van der Waals surface area (Å²) in [5, 5.41) is 2.21. The van der Waals surface area contributed by atoms with Crippen LogP contribution in [0.2, 0.25) is 0 Å². The van der Waals surface area contributed by atoms with Gasteiger partial charge in [-0.3, -0.25) is 0 Å². The van der Waals surface area contributed by atoms with Crippen LogP contribution < -0.4 is 9.50 Å². The molecule has 2 aromatic rings. The van der Waals surface area contributed by atoms with E-state index in [9.17, 15) is 17.6 Å². The van der Waals surface area contributed by atoms with Crippen molar-refractivity contribution >= 4 is 16.1 Å². The van der Waals surface area contributed by atoms with Gasteiger partial charge in [-0.05, 0) is 63.1 Å².